The maximum atomic E-state index is 6.04. The molecule has 5 heteroatoms. The van der Waals surface area contributed by atoms with Gasteiger partial charge in [-0.2, -0.15) is 0 Å². The van der Waals surface area contributed by atoms with E-state index in [1.807, 2.05) is 18.2 Å². The summed E-state index contributed by atoms with van der Waals surface area (Å²) in [6.45, 7) is 0.548. The van der Waals surface area contributed by atoms with Crippen LogP contribution in [0.5, 0.6) is 0 Å². The zero-order valence-corrected chi connectivity index (χ0v) is 9.83. The molecule has 0 fully saturated rings. The van der Waals surface area contributed by atoms with Gasteiger partial charge in [0.15, 0.2) is 0 Å². The summed E-state index contributed by atoms with van der Waals surface area (Å²) in [5, 5.41) is 4.45. The Balaban J connectivity index is 2.11. The quantitative estimate of drug-likeness (QED) is 0.912. The molecule has 0 aliphatic carbocycles. The largest absolute Gasteiger partial charge is 0.378 e. The van der Waals surface area contributed by atoms with Crippen molar-refractivity contribution in [1.29, 1.82) is 0 Å². The molecule has 0 atom stereocenters. The van der Waals surface area contributed by atoms with Crippen molar-refractivity contribution in [2.45, 2.75) is 6.54 Å². The number of hydrogen-bond acceptors (Lipinski definition) is 3. The van der Waals surface area contributed by atoms with Gasteiger partial charge in [0.05, 0.1) is 18.1 Å². The van der Waals surface area contributed by atoms with E-state index in [1.165, 1.54) is 6.33 Å². The van der Waals surface area contributed by atoms with E-state index in [-0.39, 0.29) is 0 Å². The van der Waals surface area contributed by atoms with Crippen molar-refractivity contribution in [3.8, 4) is 0 Å². The van der Waals surface area contributed by atoms with Crippen LogP contribution in [0, 0.1) is 0 Å². The van der Waals surface area contributed by atoms with Gasteiger partial charge in [0.2, 0.25) is 0 Å². The zero-order valence-electron chi connectivity index (χ0n) is 8.32. The zero-order chi connectivity index (χ0) is 11.4. The minimum atomic E-state index is 0.548. The fraction of sp³-hybridized carbons (Fsp3) is 0.0909. The van der Waals surface area contributed by atoms with Crippen molar-refractivity contribution < 1.29 is 0 Å². The minimum absolute atomic E-state index is 0.548. The van der Waals surface area contributed by atoms with E-state index in [4.69, 9.17) is 23.2 Å². The Morgan fingerprint density at radius 1 is 1.06 bits per heavy atom. The van der Waals surface area contributed by atoms with Crippen molar-refractivity contribution in [1.82, 2.24) is 9.97 Å². The monoisotopic (exact) mass is 253 g/mol. The van der Waals surface area contributed by atoms with E-state index in [0.29, 0.717) is 16.6 Å². The van der Waals surface area contributed by atoms with Gasteiger partial charge < -0.3 is 5.32 Å². The highest BCUT2D eigenvalue weighted by Gasteiger charge is 2.04. The molecule has 0 aliphatic rings. The molecule has 0 saturated heterocycles. The van der Waals surface area contributed by atoms with Gasteiger partial charge in [-0.1, -0.05) is 29.3 Å². The Labute approximate surface area is 103 Å². The molecular weight excluding hydrogens is 245 g/mol. The highest BCUT2D eigenvalue weighted by molar-refractivity contribution is 6.36. The van der Waals surface area contributed by atoms with Gasteiger partial charge in [-0.3, -0.25) is 0 Å². The number of hydrogen-bond donors (Lipinski definition) is 1. The number of aromatic nitrogens is 2. The van der Waals surface area contributed by atoms with Gasteiger partial charge in [-0.05, 0) is 12.1 Å². The Morgan fingerprint density at radius 2 is 1.69 bits per heavy atom. The lowest BCUT2D eigenvalue weighted by atomic mass is 10.2. The van der Waals surface area contributed by atoms with Crippen LogP contribution in [-0.2, 0) is 6.54 Å². The molecule has 0 radical (unpaired) electrons. The molecule has 0 aliphatic heterocycles. The number of benzene rings is 1. The summed E-state index contributed by atoms with van der Waals surface area (Å²) >= 11 is 12.1. The molecule has 16 heavy (non-hydrogen) atoms. The SMILES string of the molecule is Clc1cccc(Cl)c1CNc1cncnc1. The first-order valence-electron chi connectivity index (χ1n) is 4.69. The first kappa shape index (κ1) is 11.2. The molecule has 0 unspecified atom stereocenters. The van der Waals surface area contributed by atoms with Crippen molar-refractivity contribution in [3.05, 3.63) is 52.5 Å². The number of nitrogens with zero attached hydrogens (tertiary/aromatic N) is 2. The van der Waals surface area contributed by atoms with Crippen LogP contribution in [0.3, 0.4) is 0 Å². The molecular formula is C11H9Cl2N3. The Morgan fingerprint density at radius 3 is 2.31 bits per heavy atom. The lowest BCUT2D eigenvalue weighted by Crippen LogP contribution is -2.01. The highest BCUT2D eigenvalue weighted by Crippen LogP contribution is 2.24. The Kier molecular flexibility index (Phi) is 3.59. The van der Waals surface area contributed by atoms with Gasteiger partial charge in [0.25, 0.3) is 0 Å². The number of nitrogens with one attached hydrogen (secondary N) is 1. The van der Waals surface area contributed by atoms with Gasteiger partial charge in [-0.25, -0.2) is 9.97 Å². The standard InChI is InChI=1S/C11H9Cl2N3/c12-10-2-1-3-11(13)9(10)6-16-8-4-14-7-15-5-8/h1-5,7,16H,6H2. The third-order valence-corrected chi connectivity index (χ3v) is 2.80. The molecule has 0 bridgehead atoms. The second kappa shape index (κ2) is 5.14. The third kappa shape index (κ3) is 2.62. The van der Waals surface area contributed by atoms with Gasteiger partial charge in [0, 0.05) is 22.2 Å². The summed E-state index contributed by atoms with van der Waals surface area (Å²) in [5.41, 5.74) is 1.70. The predicted octanol–water partition coefficient (Wildman–Crippen LogP) is 3.40. The van der Waals surface area contributed by atoms with Gasteiger partial charge in [-0.15, -0.1) is 0 Å². The third-order valence-electron chi connectivity index (χ3n) is 2.09. The van der Waals surface area contributed by atoms with Crippen LogP contribution in [0.4, 0.5) is 5.69 Å². The number of anilines is 1. The highest BCUT2D eigenvalue weighted by atomic mass is 35.5. The normalized spacial score (nSPS) is 10.1. The van der Waals surface area contributed by atoms with Gasteiger partial charge in [0.1, 0.15) is 6.33 Å². The van der Waals surface area contributed by atoms with Crippen LogP contribution in [0.2, 0.25) is 10.0 Å². The molecule has 0 amide bonds. The number of halogens is 2. The van der Waals surface area contributed by atoms with Crippen LogP contribution in [0.1, 0.15) is 5.56 Å². The predicted molar refractivity (Wildman–Crippen MR) is 65.8 cm³/mol. The summed E-state index contributed by atoms with van der Waals surface area (Å²) in [5.74, 6) is 0. The van der Waals surface area contributed by atoms with Crippen LogP contribution in [-0.4, -0.2) is 9.97 Å². The maximum absolute atomic E-state index is 6.04. The molecule has 82 valence electrons. The first-order valence-corrected chi connectivity index (χ1v) is 5.45. The minimum Gasteiger partial charge on any atom is -0.378 e. The lowest BCUT2D eigenvalue weighted by molar-refractivity contribution is 1.10. The summed E-state index contributed by atoms with van der Waals surface area (Å²) in [6.07, 6.45) is 4.86. The number of rotatable bonds is 3. The van der Waals surface area contributed by atoms with E-state index >= 15 is 0 Å². The molecule has 1 aromatic carbocycles. The average molecular weight is 254 g/mol. The molecule has 3 nitrogen and oxygen atoms in total. The van der Waals surface area contributed by atoms with E-state index < -0.39 is 0 Å². The molecule has 0 saturated carbocycles. The van der Waals surface area contributed by atoms with Crippen molar-refractivity contribution in [2.75, 3.05) is 5.32 Å². The average Bonchev–Trinajstić information content (AvgIpc) is 2.30. The van der Waals surface area contributed by atoms with Crippen LogP contribution in [0.15, 0.2) is 36.9 Å². The van der Waals surface area contributed by atoms with Gasteiger partial charge >= 0.3 is 0 Å². The molecule has 1 N–H and O–H groups in total. The molecule has 1 aromatic heterocycles. The van der Waals surface area contributed by atoms with Crippen molar-refractivity contribution in [2.24, 2.45) is 0 Å². The summed E-state index contributed by atoms with van der Waals surface area (Å²) in [4.78, 5) is 7.80. The topological polar surface area (TPSA) is 37.8 Å². The van der Waals surface area contributed by atoms with E-state index in [2.05, 4.69) is 15.3 Å². The summed E-state index contributed by atoms with van der Waals surface area (Å²) < 4.78 is 0. The van der Waals surface area contributed by atoms with Crippen LogP contribution >= 0.6 is 23.2 Å². The Bertz CT molecular complexity index is 454. The summed E-state index contributed by atoms with van der Waals surface area (Å²) in [6, 6.07) is 5.44. The molecule has 0 spiro atoms. The lowest BCUT2D eigenvalue weighted by Gasteiger charge is -2.08. The molecule has 1 heterocycles. The second-order valence-corrected chi connectivity index (χ2v) is 4.00. The maximum Gasteiger partial charge on any atom is 0.115 e. The first-order chi connectivity index (χ1) is 7.77. The van der Waals surface area contributed by atoms with E-state index in [1.54, 1.807) is 12.4 Å². The molecule has 2 aromatic rings. The second-order valence-electron chi connectivity index (χ2n) is 3.18. The Hall–Kier alpha value is -1.32. The van der Waals surface area contributed by atoms with Crippen molar-refractivity contribution in [3.63, 3.8) is 0 Å². The van der Waals surface area contributed by atoms with Crippen LogP contribution in [0.25, 0.3) is 0 Å². The van der Waals surface area contributed by atoms with Crippen molar-refractivity contribution >= 4 is 28.9 Å². The van der Waals surface area contributed by atoms with E-state index in [9.17, 15) is 0 Å². The van der Waals surface area contributed by atoms with Crippen LogP contribution < -0.4 is 5.32 Å². The molecule has 2 rings (SSSR count). The summed E-state index contributed by atoms with van der Waals surface area (Å²) in [7, 11) is 0. The fourth-order valence-corrected chi connectivity index (χ4v) is 1.81. The van der Waals surface area contributed by atoms with E-state index in [0.717, 1.165) is 11.3 Å². The smallest absolute Gasteiger partial charge is 0.115 e. The fourth-order valence-electron chi connectivity index (χ4n) is 1.28.